The first kappa shape index (κ1) is 10.9. The summed E-state index contributed by atoms with van der Waals surface area (Å²) < 4.78 is 0. The predicted molar refractivity (Wildman–Crippen MR) is 61.0 cm³/mol. The molecule has 1 N–H and O–H groups in total. The number of nitrogens with zero attached hydrogens (tertiary/aromatic N) is 1. The van der Waals surface area contributed by atoms with E-state index in [1.54, 1.807) is 6.20 Å². The molecule has 1 rings (SSSR count). The van der Waals surface area contributed by atoms with E-state index in [1.165, 1.54) is 0 Å². The van der Waals surface area contributed by atoms with E-state index in [2.05, 4.69) is 42.4 Å². The molecular formula is C12H18N2. The maximum atomic E-state index is 4.05. The molecule has 76 valence electrons. The average Bonchev–Trinajstić information content (AvgIpc) is 2.19. The van der Waals surface area contributed by atoms with Gasteiger partial charge in [-0.15, -0.1) is 0 Å². The van der Waals surface area contributed by atoms with Gasteiger partial charge in [-0.3, -0.25) is 4.98 Å². The van der Waals surface area contributed by atoms with Crippen molar-refractivity contribution < 1.29 is 0 Å². The van der Waals surface area contributed by atoms with Crippen molar-refractivity contribution in [2.24, 2.45) is 0 Å². The Morgan fingerprint density at radius 1 is 1.50 bits per heavy atom. The lowest BCUT2D eigenvalue weighted by Gasteiger charge is -2.21. The second-order valence-electron chi connectivity index (χ2n) is 4.03. The van der Waals surface area contributed by atoms with Crippen LogP contribution >= 0.6 is 0 Å². The molecule has 0 saturated carbocycles. The van der Waals surface area contributed by atoms with Gasteiger partial charge < -0.3 is 5.32 Å². The van der Waals surface area contributed by atoms with E-state index >= 15 is 0 Å². The van der Waals surface area contributed by atoms with Crippen LogP contribution in [0.2, 0.25) is 0 Å². The van der Waals surface area contributed by atoms with Gasteiger partial charge in [0.15, 0.2) is 0 Å². The summed E-state index contributed by atoms with van der Waals surface area (Å²) in [6, 6.07) is 4.00. The van der Waals surface area contributed by atoms with Crippen LogP contribution in [-0.4, -0.2) is 17.6 Å². The van der Waals surface area contributed by atoms with Crippen molar-refractivity contribution in [3.8, 4) is 0 Å². The molecule has 0 aromatic carbocycles. The fourth-order valence-corrected chi connectivity index (χ4v) is 1.07. The first-order valence-corrected chi connectivity index (χ1v) is 4.89. The molecule has 0 radical (unpaired) electrons. The zero-order chi connectivity index (χ0) is 10.4. The van der Waals surface area contributed by atoms with E-state index in [0.29, 0.717) is 0 Å². The Bertz CT molecular complexity index is 288. The van der Waals surface area contributed by atoms with Crippen molar-refractivity contribution in [3.05, 3.63) is 36.2 Å². The molecule has 1 heterocycles. The van der Waals surface area contributed by atoms with Crippen LogP contribution < -0.4 is 5.32 Å². The Labute approximate surface area is 86.1 Å². The lowest BCUT2D eigenvalue weighted by atomic mass is 10.0. The van der Waals surface area contributed by atoms with Gasteiger partial charge >= 0.3 is 0 Å². The maximum absolute atomic E-state index is 4.05. The lowest BCUT2D eigenvalue weighted by Crippen LogP contribution is -2.35. The molecule has 2 heteroatoms. The molecule has 0 atom stereocenters. The maximum Gasteiger partial charge on any atom is 0.0340 e. The second-order valence-corrected chi connectivity index (χ2v) is 4.03. The van der Waals surface area contributed by atoms with Crippen LogP contribution in [0.5, 0.6) is 0 Å². The summed E-state index contributed by atoms with van der Waals surface area (Å²) >= 11 is 0. The molecule has 0 aliphatic carbocycles. The van der Waals surface area contributed by atoms with Gasteiger partial charge in [-0.1, -0.05) is 18.2 Å². The highest BCUT2D eigenvalue weighted by atomic mass is 14.9. The van der Waals surface area contributed by atoms with Crippen molar-refractivity contribution >= 4 is 6.08 Å². The van der Waals surface area contributed by atoms with Crippen molar-refractivity contribution in [3.63, 3.8) is 0 Å². The second kappa shape index (κ2) is 4.91. The fraction of sp³-hybridized carbons (Fsp3) is 0.417. The van der Waals surface area contributed by atoms with E-state index in [9.17, 15) is 0 Å². The summed E-state index contributed by atoms with van der Waals surface area (Å²) in [4.78, 5) is 4.05. The third kappa shape index (κ3) is 3.71. The minimum atomic E-state index is 0.165. The van der Waals surface area contributed by atoms with Gasteiger partial charge in [0.05, 0.1) is 0 Å². The molecule has 0 amide bonds. The third-order valence-corrected chi connectivity index (χ3v) is 2.30. The van der Waals surface area contributed by atoms with Crippen molar-refractivity contribution in [1.29, 1.82) is 0 Å². The summed E-state index contributed by atoms with van der Waals surface area (Å²) in [7, 11) is 1.98. The van der Waals surface area contributed by atoms with E-state index in [1.807, 2.05) is 19.3 Å². The Morgan fingerprint density at radius 2 is 2.29 bits per heavy atom. The Kier molecular flexibility index (Phi) is 3.84. The summed E-state index contributed by atoms with van der Waals surface area (Å²) in [6.07, 6.45) is 8.94. The number of aromatic nitrogens is 1. The molecule has 0 spiro atoms. The molecule has 0 bridgehead atoms. The number of hydrogen-bond acceptors (Lipinski definition) is 2. The molecule has 0 fully saturated rings. The smallest absolute Gasteiger partial charge is 0.0340 e. The zero-order valence-corrected chi connectivity index (χ0v) is 9.12. The van der Waals surface area contributed by atoms with Gasteiger partial charge in [-0.05, 0) is 38.9 Å². The topological polar surface area (TPSA) is 24.9 Å². The first-order chi connectivity index (χ1) is 6.64. The number of pyridine rings is 1. The monoisotopic (exact) mass is 190 g/mol. The highest BCUT2D eigenvalue weighted by molar-refractivity contribution is 5.47. The quantitative estimate of drug-likeness (QED) is 0.789. The molecule has 0 aliphatic heterocycles. The third-order valence-electron chi connectivity index (χ3n) is 2.30. The predicted octanol–water partition coefficient (Wildman–Crippen LogP) is 2.48. The van der Waals surface area contributed by atoms with Crippen molar-refractivity contribution in [1.82, 2.24) is 10.3 Å². The van der Waals surface area contributed by atoms with Gasteiger partial charge in [-0.25, -0.2) is 0 Å². The van der Waals surface area contributed by atoms with E-state index < -0.39 is 0 Å². The molecule has 2 nitrogen and oxygen atoms in total. The standard InChI is InChI=1S/C12H18N2/c1-12(2,13-3)8-4-6-11-7-5-9-14-10-11/h4-7,9-10,13H,8H2,1-3H3/b6-4+. The number of rotatable bonds is 4. The molecule has 0 unspecified atom stereocenters. The minimum absolute atomic E-state index is 0.165. The van der Waals surface area contributed by atoms with Crippen LogP contribution in [0.4, 0.5) is 0 Å². The van der Waals surface area contributed by atoms with Crippen LogP contribution in [0.1, 0.15) is 25.8 Å². The summed E-state index contributed by atoms with van der Waals surface area (Å²) in [5, 5.41) is 3.26. The van der Waals surface area contributed by atoms with Gasteiger partial charge in [0.2, 0.25) is 0 Å². The SMILES string of the molecule is CNC(C)(C)C/C=C/c1cccnc1. The molecule has 1 aromatic rings. The molecular weight excluding hydrogens is 172 g/mol. The van der Waals surface area contributed by atoms with Gasteiger partial charge in [0, 0.05) is 17.9 Å². The number of nitrogens with one attached hydrogen (secondary N) is 1. The molecule has 14 heavy (non-hydrogen) atoms. The van der Waals surface area contributed by atoms with Crippen LogP contribution in [-0.2, 0) is 0 Å². The zero-order valence-electron chi connectivity index (χ0n) is 9.12. The highest BCUT2D eigenvalue weighted by Gasteiger charge is 2.10. The Hall–Kier alpha value is -1.15. The normalized spacial score (nSPS) is 12.2. The van der Waals surface area contributed by atoms with Crippen LogP contribution in [0.3, 0.4) is 0 Å². The minimum Gasteiger partial charge on any atom is -0.315 e. The van der Waals surface area contributed by atoms with E-state index in [0.717, 1.165) is 12.0 Å². The average molecular weight is 190 g/mol. The van der Waals surface area contributed by atoms with E-state index in [4.69, 9.17) is 0 Å². The summed E-state index contributed by atoms with van der Waals surface area (Å²) in [5.74, 6) is 0. The van der Waals surface area contributed by atoms with E-state index in [-0.39, 0.29) is 5.54 Å². The Balaban J connectivity index is 2.50. The molecule has 0 aliphatic rings. The summed E-state index contributed by atoms with van der Waals surface area (Å²) in [5.41, 5.74) is 1.32. The highest BCUT2D eigenvalue weighted by Crippen LogP contribution is 2.09. The Morgan fingerprint density at radius 3 is 2.86 bits per heavy atom. The van der Waals surface area contributed by atoms with Crippen LogP contribution in [0, 0.1) is 0 Å². The van der Waals surface area contributed by atoms with Gasteiger partial charge in [-0.2, -0.15) is 0 Å². The number of hydrogen-bond donors (Lipinski definition) is 1. The molecule has 0 saturated heterocycles. The molecule has 1 aromatic heterocycles. The fourth-order valence-electron chi connectivity index (χ4n) is 1.07. The first-order valence-electron chi connectivity index (χ1n) is 4.89. The van der Waals surface area contributed by atoms with Gasteiger partial charge in [0.1, 0.15) is 0 Å². The largest absolute Gasteiger partial charge is 0.315 e. The summed E-state index contributed by atoms with van der Waals surface area (Å²) in [6.45, 7) is 4.36. The van der Waals surface area contributed by atoms with Crippen molar-refractivity contribution in [2.75, 3.05) is 7.05 Å². The lowest BCUT2D eigenvalue weighted by molar-refractivity contribution is 0.430. The van der Waals surface area contributed by atoms with Crippen LogP contribution in [0.25, 0.3) is 6.08 Å². The van der Waals surface area contributed by atoms with Gasteiger partial charge in [0.25, 0.3) is 0 Å². The van der Waals surface area contributed by atoms with Crippen molar-refractivity contribution in [2.45, 2.75) is 25.8 Å². The van der Waals surface area contributed by atoms with Crippen LogP contribution in [0.15, 0.2) is 30.6 Å².